The standard InChI is InChI=1S/C31H34N2/c1-30(2)19-15-23(30)20-10-12-26(32-28(20)16-19)27-13-11-21-24-17-25(31(24,3)4)22(29(21)33-27)14-18-8-6-5-7-9-18/h5-13,19,22-25H,14-17H2,1-4H3/t19-,22+,23+,24+,25-/m1/s1. The molecule has 5 atom stereocenters. The van der Waals surface area contributed by atoms with Crippen molar-refractivity contribution < 1.29 is 0 Å². The SMILES string of the molecule is CC1(C)[C@H]2Cc3nc(-c4ccc5c(n4)[C@@H](Cc4ccccc4)[C@H]4C[C@@H]5C4(C)C)ccc3[C@@H]1C2. The lowest BCUT2D eigenvalue weighted by Crippen LogP contribution is -2.51. The topological polar surface area (TPSA) is 25.8 Å². The van der Waals surface area contributed by atoms with Gasteiger partial charge in [-0.25, -0.2) is 0 Å². The molecular weight excluding hydrogens is 400 g/mol. The average Bonchev–Trinajstić information content (AvgIpc) is 2.83. The van der Waals surface area contributed by atoms with Crippen molar-refractivity contribution in [3.63, 3.8) is 0 Å². The highest BCUT2D eigenvalue weighted by Gasteiger charge is 2.57. The Hall–Kier alpha value is -2.48. The van der Waals surface area contributed by atoms with Gasteiger partial charge in [0.2, 0.25) is 0 Å². The second-order valence-electron chi connectivity index (χ2n) is 12.4. The van der Waals surface area contributed by atoms with Crippen LogP contribution in [0.2, 0.25) is 0 Å². The lowest BCUT2D eigenvalue weighted by atomic mass is 9.44. The van der Waals surface area contributed by atoms with Crippen molar-refractivity contribution in [1.82, 2.24) is 9.97 Å². The van der Waals surface area contributed by atoms with Crippen LogP contribution in [-0.4, -0.2) is 9.97 Å². The van der Waals surface area contributed by atoms with Gasteiger partial charge >= 0.3 is 0 Å². The van der Waals surface area contributed by atoms with Crippen LogP contribution in [-0.2, 0) is 12.8 Å². The van der Waals surface area contributed by atoms with Crippen molar-refractivity contribution in [1.29, 1.82) is 0 Å². The van der Waals surface area contributed by atoms with E-state index in [4.69, 9.17) is 9.97 Å². The highest BCUT2D eigenvalue weighted by molar-refractivity contribution is 5.58. The van der Waals surface area contributed by atoms with Gasteiger partial charge in [-0.05, 0) is 89.0 Å². The Kier molecular flexibility index (Phi) is 3.96. The van der Waals surface area contributed by atoms with Gasteiger partial charge in [0.05, 0.1) is 11.4 Å². The second-order valence-corrected chi connectivity index (χ2v) is 12.4. The van der Waals surface area contributed by atoms with Crippen molar-refractivity contribution in [3.05, 3.63) is 82.7 Å². The molecule has 0 unspecified atom stereocenters. The first kappa shape index (κ1) is 19.9. The van der Waals surface area contributed by atoms with Crippen molar-refractivity contribution in [2.75, 3.05) is 0 Å². The van der Waals surface area contributed by atoms with E-state index in [0.717, 1.165) is 30.1 Å². The third kappa shape index (κ3) is 2.67. The van der Waals surface area contributed by atoms with E-state index in [1.807, 2.05) is 0 Å². The molecule has 168 valence electrons. The van der Waals surface area contributed by atoms with Gasteiger partial charge in [0.1, 0.15) is 0 Å². The summed E-state index contributed by atoms with van der Waals surface area (Å²) < 4.78 is 0. The van der Waals surface area contributed by atoms with Crippen LogP contribution in [0.4, 0.5) is 0 Å². The zero-order valence-corrected chi connectivity index (χ0v) is 20.3. The fourth-order valence-corrected chi connectivity index (χ4v) is 7.95. The number of nitrogens with zero attached hydrogens (tertiary/aromatic N) is 2. The molecule has 33 heavy (non-hydrogen) atoms. The Balaban J connectivity index is 1.28. The molecule has 0 N–H and O–H groups in total. The van der Waals surface area contributed by atoms with E-state index in [2.05, 4.69) is 82.3 Å². The van der Waals surface area contributed by atoms with E-state index in [0.29, 0.717) is 34.5 Å². The van der Waals surface area contributed by atoms with Crippen LogP contribution < -0.4 is 0 Å². The van der Waals surface area contributed by atoms with Gasteiger partial charge in [-0.15, -0.1) is 0 Å². The molecule has 4 bridgehead atoms. The molecule has 3 aromatic rings. The Morgan fingerprint density at radius 2 is 1.45 bits per heavy atom. The van der Waals surface area contributed by atoms with Gasteiger partial charge in [0, 0.05) is 17.3 Å². The minimum Gasteiger partial charge on any atom is -0.251 e. The van der Waals surface area contributed by atoms with E-state index in [1.165, 1.54) is 40.9 Å². The zero-order chi connectivity index (χ0) is 22.5. The van der Waals surface area contributed by atoms with E-state index in [1.54, 1.807) is 0 Å². The normalized spacial score (nSPS) is 31.6. The summed E-state index contributed by atoms with van der Waals surface area (Å²) in [6.45, 7) is 9.82. The second kappa shape index (κ2) is 6.56. The number of benzene rings is 1. The van der Waals surface area contributed by atoms with Crippen molar-refractivity contribution >= 4 is 0 Å². The van der Waals surface area contributed by atoms with Crippen LogP contribution in [0.15, 0.2) is 54.6 Å². The maximum absolute atomic E-state index is 5.35. The predicted molar refractivity (Wildman–Crippen MR) is 133 cm³/mol. The molecule has 0 amide bonds. The summed E-state index contributed by atoms with van der Waals surface area (Å²) in [4.78, 5) is 10.5. The number of hydrogen-bond acceptors (Lipinski definition) is 2. The number of hydrogen-bond donors (Lipinski definition) is 0. The van der Waals surface area contributed by atoms with Gasteiger partial charge in [-0.3, -0.25) is 9.97 Å². The van der Waals surface area contributed by atoms with Crippen molar-refractivity contribution in [3.8, 4) is 11.4 Å². The number of aromatic nitrogens is 2. The van der Waals surface area contributed by atoms with Crippen LogP contribution in [0.1, 0.15) is 86.4 Å². The minimum atomic E-state index is 0.369. The summed E-state index contributed by atoms with van der Waals surface area (Å²) in [6.07, 6.45) is 4.87. The lowest BCUT2D eigenvalue weighted by Gasteiger charge is -2.60. The van der Waals surface area contributed by atoms with Gasteiger partial charge < -0.3 is 0 Å². The lowest BCUT2D eigenvalue weighted by molar-refractivity contribution is -0.00746. The summed E-state index contributed by atoms with van der Waals surface area (Å²) in [5.74, 6) is 3.34. The first-order chi connectivity index (χ1) is 15.8. The molecule has 6 aliphatic carbocycles. The van der Waals surface area contributed by atoms with Crippen LogP contribution in [0.25, 0.3) is 11.4 Å². The summed E-state index contributed by atoms with van der Waals surface area (Å²) in [5, 5.41) is 0. The quantitative estimate of drug-likeness (QED) is 0.432. The zero-order valence-electron chi connectivity index (χ0n) is 20.3. The fraction of sp³-hybridized carbons (Fsp3) is 0.484. The predicted octanol–water partition coefficient (Wildman–Crippen LogP) is 7.30. The van der Waals surface area contributed by atoms with Crippen molar-refractivity contribution in [2.45, 2.75) is 71.1 Å². The summed E-state index contributed by atoms with van der Waals surface area (Å²) in [5.41, 5.74) is 10.0. The molecule has 2 nitrogen and oxygen atoms in total. The smallest absolute Gasteiger partial charge is 0.0889 e. The molecule has 2 fully saturated rings. The van der Waals surface area contributed by atoms with E-state index >= 15 is 0 Å². The van der Waals surface area contributed by atoms with E-state index in [-0.39, 0.29) is 0 Å². The average molecular weight is 435 g/mol. The molecule has 2 aromatic heterocycles. The van der Waals surface area contributed by atoms with Gasteiger partial charge in [0.15, 0.2) is 0 Å². The molecule has 0 spiro atoms. The Morgan fingerprint density at radius 3 is 2.18 bits per heavy atom. The maximum atomic E-state index is 5.35. The molecule has 2 heteroatoms. The third-order valence-corrected chi connectivity index (χ3v) is 10.4. The summed E-state index contributed by atoms with van der Waals surface area (Å²) in [6, 6.07) is 20.2. The Morgan fingerprint density at radius 1 is 0.758 bits per heavy atom. The first-order valence-electron chi connectivity index (χ1n) is 12.9. The Labute approximate surface area is 197 Å². The Bertz CT molecular complexity index is 1260. The minimum absolute atomic E-state index is 0.369. The van der Waals surface area contributed by atoms with Crippen molar-refractivity contribution in [2.24, 2.45) is 22.7 Å². The highest BCUT2D eigenvalue weighted by atomic mass is 14.8. The molecule has 2 heterocycles. The molecule has 0 radical (unpaired) electrons. The van der Waals surface area contributed by atoms with Gasteiger partial charge in [-0.1, -0.05) is 70.2 Å². The molecule has 6 aliphatic rings. The van der Waals surface area contributed by atoms with E-state index in [9.17, 15) is 0 Å². The van der Waals surface area contributed by atoms with Crippen LogP contribution in [0.5, 0.6) is 0 Å². The third-order valence-electron chi connectivity index (χ3n) is 10.4. The molecular formula is C31H34N2. The highest BCUT2D eigenvalue weighted by Crippen LogP contribution is 2.67. The first-order valence-corrected chi connectivity index (χ1v) is 12.9. The monoisotopic (exact) mass is 434 g/mol. The van der Waals surface area contributed by atoms with Crippen LogP contribution >= 0.6 is 0 Å². The molecule has 1 aromatic carbocycles. The van der Waals surface area contributed by atoms with Crippen LogP contribution in [0.3, 0.4) is 0 Å². The summed E-state index contributed by atoms with van der Waals surface area (Å²) in [7, 11) is 0. The largest absolute Gasteiger partial charge is 0.251 e. The fourth-order valence-electron chi connectivity index (χ4n) is 7.95. The van der Waals surface area contributed by atoms with Gasteiger partial charge in [0.25, 0.3) is 0 Å². The molecule has 0 saturated heterocycles. The van der Waals surface area contributed by atoms with E-state index < -0.39 is 0 Å². The summed E-state index contributed by atoms with van der Waals surface area (Å²) >= 11 is 0. The van der Waals surface area contributed by atoms with Gasteiger partial charge in [-0.2, -0.15) is 0 Å². The molecule has 0 aliphatic heterocycles. The number of rotatable bonds is 3. The maximum Gasteiger partial charge on any atom is 0.0889 e. The number of pyridine rings is 2. The molecule has 2 saturated carbocycles. The molecule has 9 rings (SSSR count). The van der Waals surface area contributed by atoms with Crippen LogP contribution in [0, 0.1) is 22.7 Å².